The van der Waals surface area contributed by atoms with Gasteiger partial charge in [-0.2, -0.15) is 8.78 Å². The van der Waals surface area contributed by atoms with Gasteiger partial charge in [-0.25, -0.2) is 0 Å². The quantitative estimate of drug-likeness (QED) is 0.620. The van der Waals surface area contributed by atoms with E-state index in [0.717, 1.165) is 0 Å². The molecule has 154 valence electrons. The largest absolute Gasteiger partial charge is 0.497 e. The summed E-state index contributed by atoms with van der Waals surface area (Å²) in [5.41, 5.74) is 1.83. The third-order valence-corrected chi connectivity index (χ3v) is 4.49. The number of ether oxygens (including phenoxy) is 4. The van der Waals surface area contributed by atoms with Crippen molar-refractivity contribution in [2.75, 3.05) is 19.2 Å². The zero-order valence-corrected chi connectivity index (χ0v) is 15.9. The van der Waals surface area contributed by atoms with Gasteiger partial charge in [0.2, 0.25) is 6.79 Å². The number of anilines is 1. The first-order chi connectivity index (χ1) is 14.5. The first-order valence-corrected chi connectivity index (χ1v) is 8.98. The molecule has 0 saturated heterocycles. The highest BCUT2D eigenvalue weighted by atomic mass is 19.3. The van der Waals surface area contributed by atoms with E-state index in [9.17, 15) is 13.6 Å². The van der Waals surface area contributed by atoms with Gasteiger partial charge in [-0.05, 0) is 54.1 Å². The number of methoxy groups -OCH3 is 1. The second-order valence-electron chi connectivity index (χ2n) is 6.34. The molecule has 4 rings (SSSR count). The molecule has 30 heavy (non-hydrogen) atoms. The van der Waals surface area contributed by atoms with Gasteiger partial charge in [-0.1, -0.05) is 12.1 Å². The molecule has 0 fully saturated rings. The van der Waals surface area contributed by atoms with Crippen molar-refractivity contribution in [2.24, 2.45) is 0 Å². The monoisotopic (exact) mass is 413 g/mol. The van der Waals surface area contributed by atoms with Crippen LogP contribution in [0.2, 0.25) is 0 Å². The molecule has 3 aromatic carbocycles. The Bertz CT molecular complexity index is 1070. The number of amides is 1. The Kier molecular flexibility index (Phi) is 5.38. The van der Waals surface area contributed by atoms with E-state index in [-0.39, 0.29) is 18.4 Å². The Morgan fingerprint density at radius 1 is 1.00 bits per heavy atom. The van der Waals surface area contributed by atoms with Crippen LogP contribution in [0.1, 0.15) is 10.4 Å². The van der Waals surface area contributed by atoms with Crippen molar-refractivity contribution < 1.29 is 32.5 Å². The molecule has 0 spiro atoms. The molecule has 0 saturated carbocycles. The van der Waals surface area contributed by atoms with Crippen LogP contribution in [0.5, 0.6) is 23.0 Å². The molecular formula is C22H17F2NO5. The zero-order valence-electron chi connectivity index (χ0n) is 15.9. The second kappa shape index (κ2) is 8.28. The van der Waals surface area contributed by atoms with Crippen LogP contribution in [0.4, 0.5) is 14.5 Å². The lowest BCUT2D eigenvalue weighted by Gasteiger charge is -2.14. The number of benzene rings is 3. The van der Waals surface area contributed by atoms with Crippen molar-refractivity contribution >= 4 is 11.6 Å². The van der Waals surface area contributed by atoms with Crippen LogP contribution in [0.3, 0.4) is 0 Å². The maximum Gasteiger partial charge on any atom is 0.387 e. The van der Waals surface area contributed by atoms with Crippen LogP contribution < -0.4 is 24.3 Å². The van der Waals surface area contributed by atoms with Gasteiger partial charge in [0.05, 0.1) is 7.11 Å². The zero-order chi connectivity index (χ0) is 21.1. The van der Waals surface area contributed by atoms with E-state index in [1.165, 1.54) is 19.2 Å². The van der Waals surface area contributed by atoms with Gasteiger partial charge in [-0.15, -0.1) is 0 Å². The third kappa shape index (κ3) is 4.12. The molecule has 0 atom stereocenters. The highest BCUT2D eigenvalue weighted by Gasteiger charge is 2.17. The van der Waals surface area contributed by atoms with Crippen molar-refractivity contribution in [1.29, 1.82) is 0 Å². The minimum atomic E-state index is -2.98. The summed E-state index contributed by atoms with van der Waals surface area (Å²) >= 11 is 0. The number of carbonyl (C=O) groups is 1. The summed E-state index contributed by atoms with van der Waals surface area (Å²) in [5.74, 6) is 1.30. The smallest absolute Gasteiger partial charge is 0.387 e. The van der Waals surface area contributed by atoms with Crippen LogP contribution >= 0.6 is 0 Å². The van der Waals surface area contributed by atoms with Crippen molar-refractivity contribution in [1.82, 2.24) is 0 Å². The minimum absolute atomic E-state index is 0.00348. The van der Waals surface area contributed by atoms with E-state index in [0.29, 0.717) is 39.6 Å². The van der Waals surface area contributed by atoms with Gasteiger partial charge >= 0.3 is 6.61 Å². The average Bonchev–Trinajstić information content (AvgIpc) is 3.22. The van der Waals surface area contributed by atoms with Crippen LogP contribution in [0.25, 0.3) is 11.1 Å². The number of halogens is 2. The van der Waals surface area contributed by atoms with Crippen molar-refractivity contribution in [2.45, 2.75) is 6.61 Å². The summed E-state index contributed by atoms with van der Waals surface area (Å²) in [7, 11) is 1.53. The molecule has 1 N–H and O–H groups in total. The van der Waals surface area contributed by atoms with Gasteiger partial charge < -0.3 is 24.3 Å². The predicted molar refractivity (Wildman–Crippen MR) is 106 cm³/mol. The van der Waals surface area contributed by atoms with Crippen molar-refractivity contribution in [3.05, 3.63) is 66.2 Å². The fraction of sp³-hybridized carbons (Fsp3) is 0.136. The van der Waals surface area contributed by atoms with Crippen LogP contribution in [-0.4, -0.2) is 26.4 Å². The summed E-state index contributed by atoms with van der Waals surface area (Å²) < 4.78 is 46.0. The lowest BCUT2D eigenvalue weighted by molar-refractivity contribution is -0.0494. The number of alkyl halides is 2. The molecule has 0 bridgehead atoms. The summed E-state index contributed by atoms with van der Waals surface area (Å²) in [6.45, 7) is -2.87. The molecule has 0 radical (unpaired) electrons. The summed E-state index contributed by atoms with van der Waals surface area (Å²) in [5, 5.41) is 2.76. The van der Waals surface area contributed by atoms with E-state index in [1.54, 1.807) is 48.5 Å². The summed E-state index contributed by atoms with van der Waals surface area (Å²) in [6.07, 6.45) is 0. The first kappa shape index (κ1) is 19.5. The Balaban J connectivity index is 1.62. The average molecular weight is 413 g/mol. The highest BCUT2D eigenvalue weighted by molar-refractivity contribution is 6.05. The van der Waals surface area contributed by atoms with E-state index in [4.69, 9.17) is 14.2 Å². The predicted octanol–water partition coefficient (Wildman–Crippen LogP) is 4.94. The maximum atomic E-state index is 12.8. The molecule has 1 aliphatic rings. The number of fused-ring (bicyclic) bond motifs is 1. The molecule has 1 amide bonds. The van der Waals surface area contributed by atoms with Gasteiger partial charge in [0, 0.05) is 16.8 Å². The lowest BCUT2D eigenvalue weighted by Crippen LogP contribution is -2.12. The van der Waals surface area contributed by atoms with Crippen LogP contribution in [0.15, 0.2) is 60.7 Å². The van der Waals surface area contributed by atoms with Gasteiger partial charge in [-0.3, -0.25) is 4.79 Å². The van der Waals surface area contributed by atoms with Crippen molar-refractivity contribution in [3.8, 4) is 34.1 Å². The molecule has 1 aliphatic heterocycles. The van der Waals surface area contributed by atoms with Gasteiger partial charge in [0.1, 0.15) is 11.5 Å². The minimum Gasteiger partial charge on any atom is -0.497 e. The van der Waals surface area contributed by atoms with Gasteiger partial charge in [0.15, 0.2) is 11.5 Å². The van der Waals surface area contributed by atoms with E-state index >= 15 is 0 Å². The molecule has 0 unspecified atom stereocenters. The van der Waals surface area contributed by atoms with E-state index < -0.39 is 6.61 Å². The molecule has 0 aromatic heterocycles. The second-order valence-corrected chi connectivity index (χ2v) is 6.34. The number of carbonyl (C=O) groups excluding carboxylic acids is 1. The molecule has 3 aromatic rings. The van der Waals surface area contributed by atoms with E-state index in [1.807, 2.05) is 0 Å². The summed E-state index contributed by atoms with van der Waals surface area (Å²) in [6, 6.07) is 16.2. The standard InChI is InChI=1S/C22H17F2NO5/c1-27-16-6-2-13(3-7-16)17-11-15(5-9-18(17)30-22(23)24)25-21(26)14-4-8-19-20(10-14)29-12-28-19/h2-11,22H,12H2,1H3,(H,25,26). The van der Waals surface area contributed by atoms with Crippen LogP contribution in [0, 0.1) is 0 Å². The Labute approximate surface area is 170 Å². The lowest BCUT2D eigenvalue weighted by atomic mass is 10.0. The molecule has 0 aliphatic carbocycles. The number of hydrogen-bond acceptors (Lipinski definition) is 5. The molecule has 8 heteroatoms. The maximum absolute atomic E-state index is 12.8. The van der Waals surface area contributed by atoms with E-state index in [2.05, 4.69) is 10.1 Å². The fourth-order valence-corrected chi connectivity index (χ4v) is 3.04. The van der Waals surface area contributed by atoms with Crippen LogP contribution in [-0.2, 0) is 0 Å². The Hall–Kier alpha value is -3.81. The van der Waals surface area contributed by atoms with Crippen molar-refractivity contribution in [3.63, 3.8) is 0 Å². The number of rotatable bonds is 6. The fourth-order valence-electron chi connectivity index (χ4n) is 3.04. The topological polar surface area (TPSA) is 66.0 Å². The number of nitrogens with one attached hydrogen (secondary N) is 1. The Morgan fingerprint density at radius 2 is 1.77 bits per heavy atom. The first-order valence-electron chi connectivity index (χ1n) is 8.98. The molecular weight excluding hydrogens is 396 g/mol. The number of hydrogen-bond donors (Lipinski definition) is 1. The SMILES string of the molecule is COc1ccc(-c2cc(NC(=O)c3ccc4c(c3)OCO4)ccc2OC(F)F)cc1. The molecule has 6 nitrogen and oxygen atoms in total. The van der Waals surface area contributed by atoms with Gasteiger partial charge in [0.25, 0.3) is 5.91 Å². The Morgan fingerprint density at radius 3 is 2.50 bits per heavy atom. The highest BCUT2D eigenvalue weighted by Crippen LogP contribution is 2.35. The molecule has 1 heterocycles. The normalized spacial score (nSPS) is 12.0. The summed E-state index contributed by atoms with van der Waals surface area (Å²) in [4.78, 5) is 12.6. The third-order valence-electron chi connectivity index (χ3n) is 4.49.